The Morgan fingerprint density at radius 3 is 1.47 bits per heavy atom. The Hall–Kier alpha value is -3.70. The van der Waals surface area contributed by atoms with E-state index in [1.54, 1.807) is 24.3 Å². The van der Waals surface area contributed by atoms with Crippen molar-refractivity contribution in [2.24, 2.45) is 0 Å². The van der Waals surface area contributed by atoms with Gasteiger partial charge < -0.3 is 14.8 Å². The minimum Gasteiger partial charge on any atom is -0.486 e. The third-order valence-corrected chi connectivity index (χ3v) is 6.90. The molecular formula is C31H29F2NO2. The highest BCUT2D eigenvalue weighted by atomic mass is 19.1. The molecule has 0 unspecified atom stereocenters. The van der Waals surface area contributed by atoms with Crippen LogP contribution in [0.2, 0.25) is 0 Å². The number of piperidine rings is 1. The molecule has 1 N–H and O–H groups in total. The second kappa shape index (κ2) is 10.9. The third-order valence-electron chi connectivity index (χ3n) is 6.90. The van der Waals surface area contributed by atoms with Crippen LogP contribution in [0.4, 0.5) is 8.78 Å². The Morgan fingerprint density at radius 2 is 1.06 bits per heavy atom. The zero-order chi connectivity index (χ0) is 24.8. The summed E-state index contributed by atoms with van der Waals surface area (Å²) in [5.41, 5.74) is 3.10. The summed E-state index contributed by atoms with van der Waals surface area (Å²) in [6.45, 7) is 2.12. The number of nitrogens with one attached hydrogen (secondary N) is 1. The highest BCUT2D eigenvalue weighted by molar-refractivity contribution is 5.45. The molecule has 0 radical (unpaired) electrons. The van der Waals surface area contributed by atoms with E-state index in [0.29, 0.717) is 13.2 Å². The predicted molar refractivity (Wildman–Crippen MR) is 137 cm³/mol. The maximum absolute atomic E-state index is 15.2. The van der Waals surface area contributed by atoms with Gasteiger partial charge in [-0.15, -0.1) is 0 Å². The maximum Gasteiger partial charge on any atom is 0.165 e. The fraction of sp³-hybridized carbons (Fsp3) is 0.226. The van der Waals surface area contributed by atoms with E-state index < -0.39 is 17.0 Å². The minimum atomic E-state index is -0.497. The van der Waals surface area contributed by atoms with Crippen LogP contribution in [-0.2, 0) is 18.6 Å². The van der Waals surface area contributed by atoms with Gasteiger partial charge >= 0.3 is 0 Å². The minimum absolute atomic E-state index is 0.211. The fourth-order valence-corrected chi connectivity index (χ4v) is 4.90. The average Bonchev–Trinajstić information content (AvgIpc) is 2.93. The van der Waals surface area contributed by atoms with Crippen LogP contribution in [0.5, 0.6) is 11.5 Å². The molecule has 0 amide bonds. The number of hydrogen-bond donors (Lipinski definition) is 1. The van der Waals surface area contributed by atoms with Gasteiger partial charge in [0.1, 0.15) is 13.2 Å². The van der Waals surface area contributed by atoms with Gasteiger partial charge in [0.25, 0.3) is 0 Å². The lowest BCUT2D eigenvalue weighted by Crippen LogP contribution is -2.40. The van der Waals surface area contributed by atoms with Crippen LogP contribution in [0.1, 0.15) is 35.1 Å². The normalized spacial score (nSPS) is 14.8. The summed E-state index contributed by atoms with van der Waals surface area (Å²) in [4.78, 5) is 0. The smallest absolute Gasteiger partial charge is 0.165 e. The molecule has 3 nitrogen and oxygen atoms in total. The Morgan fingerprint density at radius 1 is 0.611 bits per heavy atom. The maximum atomic E-state index is 15.2. The first kappa shape index (κ1) is 24.0. The molecule has 0 bridgehead atoms. The first-order valence-electron chi connectivity index (χ1n) is 12.3. The average molecular weight is 486 g/mol. The SMILES string of the molecule is Fc1cc(C2(c3ccc(OCc4ccccc4)c(F)c3)CCNCC2)ccc1OCc1ccccc1. The summed E-state index contributed by atoms with van der Waals surface area (Å²) in [6, 6.07) is 29.6. The van der Waals surface area contributed by atoms with Gasteiger partial charge in [0.2, 0.25) is 0 Å². The quantitative estimate of drug-likeness (QED) is 0.298. The molecule has 0 saturated carbocycles. The van der Waals surface area contributed by atoms with Crippen LogP contribution in [0.15, 0.2) is 97.1 Å². The zero-order valence-electron chi connectivity index (χ0n) is 20.1. The van der Waals surface area contributed by atoms with Crippen LogP contribution in [0.25, 0.3) is 0 Å². The summed E-state index contributed by atoms with van der Waals surface area (Å²) in [7, 11) is 0. The van der Waals surface area contributed by atoms with Crippen LogP contribution < -0.4 is 14.8 Å². The zero-order valence-corrected chi connectivity index (χ0v) is 20.1. The summed E-state index contributed by atoms with van der Waals surface area (Å²) in [6.07, 6.45) is 1.47. The Labute approximate surface area is 210 Å². The van der Waals surface area contributed by atoms with E-state index in [4.69, 9.17) is 9.47 Å². The summed E-state index contributed by atoms with van der Waals surface area (Å²) in [5.74, 6) is -0.403. The Bertz CT molecular complexity index is 1190. The van der Waals surface area contributed by atoms with E-state index in [1.807, 2.05) is 72.8 Å². The molecule has 1 fully saturated rings. The van der Waals surface area contributed by atoms with Gasteiger partial charge in [-0.25, -0.2) is 8.78 Å². The first-order valence-corrected chi connectivity index (χ1v) is 12.3. The molecule has 1 heterocycles. The molecule has 4 aromatic carbocycles. The molecule has 4 aromatic rings. The van der Waals surface area contributed by atoms with E-state index in [-0.39, 0.29) is 11.5 Å². The van der Waals surface area contributed by atoms with Crippen molar-refractivity contribution in [3.8, 4) is 11.5 Å². The fourth-order valence-electron chi connectivity index (χ4n) is 4.90. The van der Waals surface area contributed by atoms with Gasteiger partial charge in [0.05, 0.1) is 0 Å². The predicted octanol–water partition coefficient (Wildman–Crippen LogP) is 6.79. The van der Waals surface area contributed by atoms with E-state index >= 15 is 8.78 Å². The molecule has 0 aliphatic carbocycles. The number of hydrogen-bond acceptors (Lipinski definition) is 3. The first-order chi connectivity index (χ1) is 17.6. The Kier molecular flexibility index (Phi) is 7.28. The lowest BCUT2D eigenvalue weighted by molar-refractivity contribution is 0.287. The molecule has 36 heavy (non-hydrogen) atoms. The molecule has 1 aliphatic heterocycles. The van der Waals surface area contributed by atoms with E-state index in [9.17, 15) is 0 Å². The summed E-state index contributed by atoms with van der Waals surface area (Å²) < 4.78 is 41.8. The number of ether oxygens (including phenoxy) is 2. The molecular weight excluding hydrogens is 456 g/mol. The van der Waals surface area contributed by atoms with Crippen LogP contribution in [0.3, 0.4) is 0 Å². The lowest BCUT2D eigenvalue weighted by Gasteiger charge is -2.39. The van der Waals surface area contributed by atoms with Gasteiger partial charge in [-0.2, -0.15) is 0 Å². The molecule has 0 aromatic heterocycles. The van der Waals surface area contributed by atoms with Crippen molar-refractivity contribution < 1.29 is 18.3 Å². The molecule has 0 spiro atoms. The highest BCUT2D eigenvalue weighted by Crippen LogP contribution is 2.42. The van der Waals surface area contributed by atoms with Gasteiger partial charge in [-0.3, -0.25) is 0 Å². The van der Waals surface area contributed by atoms with E-state index in [2.05, 4.69) is 5.32 Å². The van der Waals surface area contributed by atoms with Crippen molar-refractivity contribution in [1.29, 1.82) is 0 Å². The van der Waals surface area contributed by atoms with Gasteiger partial charge in [0, 0.05) is 5.41 Å². The molecule has 1 aliphatic rings. The van der Waals surface area contributed by atoms with Crippen molar-refractivity contribution in [1.82, 2.24) is 5.32 Å². The van der Waals surface area contributed by atoms with Gasteiger partial charge in [-0.1, -0.05) is 72.8 Å². The van der Waals surface area contributed by atoms with Gasteiger partial charge in [0.15, 0.2) is 23.1 Å². The number of benzene rings is 4. The highest BCUT2D eigenvalue weighted by Gasteiger charge is 2.37. The molecule has 5 rings (SSSR count). The summed E-state index contributed by atoms with van der Waals surface area (Å²) in [5, 5.41) is 3.37. The standard InChI is InChI=1S/C31H29F2NO2/c32-27-19-25(11-13-29(27)35-21-23-7-3-1-4-8-23)31(15-17-34-18-16-31)26-12-14-30(28(33)20-26)36-22-24-9-5-2-6-10-24/h1-14,19-20,34H,15-18,21-22H2. The topological polar surface area (TPSA) is 30.5 Å². The monoisotopic (exact) mass is 485 g/mol. The Balaban J connectivity index is 1.38. The molecule has 184 valence electrons. The van der Waals surface area contributed by atoms with Crippen LogP contribution >= 0.6 is 0 Å². The van der Waals surface area contributed by atoms with Crippen molar-refractivity contribution in [2.75, 3.05) is 13.1 Å². The van der Waals surface area contributed by atoms with Crippen molar-refractivity contribution in [3.05, 3.63) is 131 Å². The van der Waals surface area contributed by atoms with Crippen LogP contribution in [0, 0.1) is 11.6 Å². The summed E-state index contributed by atoms with van der Waals surface area (Å²) >= 11 is 0. The molecule has 1 saturated heterocycles. The largest absolute Gasteiger partial charge is 0.486 e. The van der Waals surface area contributed by atoms with Crippen molar-refractivity contribution in [2.45, 2.75) is 31.5 Å². The van der Waals surface area contributed by atoms with E-state index in [0.717, 1.165) is 48.2 Å². The van der Waals surface area contributed by atoms with Crippen molar-refractivity contribution >= 4 is 0 Å². The third kappa shape index (κ3) is 5.26. The number of halogens is 2. The lowest BCUT2D eigenvalue weighted by atomic mass is 9.68. The van der Waals surface area contributed by atoms with Gasteiger partial charge in [-0.05, 0) is 72.5 Å². The molecule has 0 atom stereocenters. The number of rotatable bonds is 8. The second-order valence-corrected chi connectivity index (χ2v) is 9.17. The van der Waals surface area contributed by atoms with E-state index in [1.165, 1.54) is 0 Å². The van der Waals surface area contributed by atoms with Crippen LogP contribution in [-0.4, -0.2) is 13.1 Å². The second-order valence-electron chi connectivity index (χ2n) is 9.17. The van der Waals surface area contributed by atoms with Crippen molar-refractivity contribution in [3.63, 3.8) is 0 Å². The molecule has 5 heteroatoms.